The molecule has 1 atom stereocenters. The van der Waals surface area contributed by atoms with Gasteiger partial charge in [0.15, 0.2) is 11.5 Å². The number of hydrogen-bond acceptors (Lipinski definition) is 5. The van der Waals surface area contributed by atoms with Gasteiger partial charge >= 0.3 is 6.18 Å². The highest BCUT2D eigenvalue weighted by molar-refractivity contribution is 5.96. The van der Waals surface area contributed by atoms with Crippen LogP contribution in [-0.4, -0.2) is 52.6 Å². The Labute approximate surface area is 119 Å². The number of carbonyl (C=O) groups is 1. The summed E-state index contributed by atoms with van der Waals surface area (Å²) in [4.78, 5) is 20.9. The Bertz CT molecular complexity index is 508. The van der Waals surface area contributed by atoms with Crippen LogP contribution in [0.25, 0.3) is 0 Å². The van der Waals surface area contributed by atoms with Gasteiger partial charge in [-0.15, -0.1) is 0 Å². The molecule has 0 spiro atoms. The van der Waals surface area contributed by atoms with Crippen LogP contribution in [0.5, 0.6) is 0 Å². The van der Waals surface area contributed by atoms with E-state index < -0.39 is 18.6 Å². The van der Waals surface area contributed by atoms with Crippen molar-refractivity contribution in [1.29, 1.82) is 0 Å². The number of aromatic nitrogens is 2. The average Bonchev–Trinajstić information content (AvgIpc) is 2.37. The van der Waals surface area contributed by atoms with Crippen molar-refractivity contribution in [2.75, 3.05) is 25.4 Å². The van der Waals surface area contributed by atoms with Crippen LogP contribution < -0.4 is 11.1 Å². The first-order valence-electron chi connectivity index (χ1n) is 6.51. The molecule has 1 fully saturated rings. The highest BCUT2D eigenvalue weighted by Gasteiger charge is 2.33. The summed E-state index contributed by atoms with van der Waals surface area (Å²) in [6.07, 6.45) is -0.321. The minimum absolute atomic E-state index is 0.00189. The standard InChI is InChI=1S/C12H16F3N5O/c13-12(14,15)7-20-5-1-2-8(6-20)19-11(21)9-10(16)18-4-3-17-9/h3-4,8H,1-2,5-7H2,(H2,16,18)(H,19,21). The lowest BCUT2D eigenvalue weighted by molar-refractivity contribution is -0.148. The number of amides is 1. The van der Waals surface area contributed by atoms with Gasteiger partial charge in [-0.2, -0.15) is 13.2 Å². The number of likely N-dealkylation sites (tertiary alicyclic amines) is 1. The fraction of sp³-hybridized carbons (Fsp3) is 0.583. The smallest absolute Gasteiger partial charge is 0.382 e. The van der Waals surface area contributed by atoms with Crippen molar-refractivity contribution < 1.29 is 18.0 Å². The summed E-state index contributed by atoms with van der Waals surface area (Å²) in [5.41, 5.74) is 5.53. The van der Waals surface area contributed by atoms with Crippen molar-refractivity contribution in [3.05, 3.63) is 18.1 Å². The third kappa shape index (κ3) is 4.55. The van der Waals surface area contributed by atoms with E-state index in [9.17, 15) is 18.0 Å². The molecule has 1 aromatic heterocycles. The molecule has 2 rings (SSSR count). The third-order valence-corrected chi connectivity index (χ3v) is 3.19. The van der Waals surface area contributed by atoms with E-state index >= 15 is 0 Å². The maximum atomic E-state index is 12.4. The predicted molar refractivity (Wildman–Crippen MR) is 69.4 cm³/mol. The number of anilines is 1. The van der Waals surface area contributed by atoms with Crippen LogP contribution in [0.4, 0.5) is 19.0 Å². The van der Waals surface area contributed by atoms with E-state index in [0.717, 1.165) is 0 Å². The molecule has 116 valence electrons. The molecule has 1 saturated heterocycles. The van der Waals surface area contributed by atoms with Gasteiger partial charge < -0.3 is 11.1 Å². The van der Waals surface area contributed by atoms with Crippen LogP contribution in [0.1, 0.15) is 23.3 Å². The first-order valence-corrected chi connectivity index (χ1v) is 6.51. The molecule has 1 aliphatic rings. The number of alkyl halides is 3. The quantitative estimate of drug-likeness (QED) is 0.863. The summed E-state index contributed by atoms with van der Waals surface area (Å²) in [5, 5.41) is 2.66. The summed E-state index contributed by atoms with van der Waals surface area (Å²) in [7, 11) is 0. The molecular formula is C12H16F3N5O. The number of nitrogen functional groups attached to an aromatic ring is 1. The zero-order valence-electron chi connectivity index (χ0n) is 11.2. The number of nitrogens with two attached hydrogens (primary N) is 1. The molecule has 0 bridgehead atoms. The van der Waals surface area contributed by atoms with Crippen molar-refractivity contribution in [3.63, 3.8) is 0 Å². The first kappa shape index (κ1) is 15.5. The SMILES string of the molecule is Nc1nccnc1C(=O)NC1CCCN(CC(F)(F)F)C1. The number of carbonyl (C=O) groups excluding carboxylic acids is 1. The fourth-order valence-electron chi connectivity index (χ4n) is 2.35. The number of piperidine rings is 1. The molecule has 1 aliphatic heterocycles. The summed E-state index contributed by atoms with van der Waals surface area (Å²) < 4.78 is 37.2. The van der Waals surface area contributed by atoms with E-state index in [0.29, 0.717) is 19.4 Å². The molecule has 1 aromatic rings. The van der Waals surface area contributed by atoms with Gasteiger partial charge in [0.25, 0.3) is 5.91 Å². The molecule has 1 unspecified atom stereocenters. The van der Waals surface area contributed by atoms with Crippen LogP contribution in [0.15, 0.2) is 12.4 Å². The molecule has 3 N–H and O–H groups in total. The number of rotatable bonds is 3. The molecular weight excluding hydrogens is 287 g/mol. The summed E-state index contributed by atoms with van der Waals surface area (Å²) in [6, 6.07) is -0.352. The Morgan fingerprint density at radius 3 is 2.81 bits per heavy atom. The third-order valence-electron chi connectivity index (χ3n) is 3.19. The lowest BCUT2D eigenvalue weighted by Crippen LogP contribution is -2.50. The molecule has 0 saturated carbocycles. The highest BCUT2D eigenvalue weighted by atomic mass is 19.4. The molecule has 0 aromatic carbocycles. The van der Waals surface area contributed by atoms with Gasteiger partial charge in [0.1, 0.15) is 0 Å². The van der Waals surface area contributed by atoms with Crippen molar-refractivity contribution in [2.45, 2.75) is 25.1 Å². The van der Waals surface area contributed by atoms with Crippen LogP contribution in [0.3, 0.4) is 0 Å². The van der Waals surface area contributed by atoms with Gasteiger partial charge in [-0.1, -0.05) is 0 Å². The van der Waals surface area contributed by atoms with Crippen LogP contribution in [0.2, 0.25) is 0 Å². The molecule has 2 heterocycles. The van der Waals surface area contributed by atoms with Gasteiger partial charge in [-0.05, 0) is 19.4 Å². The molecule has 0 aliphatic carbocycles. The van der Waals surface area contributed by atoms with E-state index in [1.807, 2.05) is 0 Å². The van der Waals surface area contributed by atoms with Gasteiger partial charge in [-0.3, -0.25) is 9.69 Å². The second-order valence-electron chi connectivity index (χ2n) is 4.95. The molecule has 21 heavy (non-hydrogen) atoms. The molecule has 0 radical (unpaired) electrons. The Hall–Kier alpha value is -1.90. The summed E-state index contributed by atoms with van der Waals surface area (Å²) in [5.74, 6) is -0.516. The maximum Gasteiger partial charge on any atom is 0.401 e. The maximum absolute atomic E-state index is 12.4. The zero-order chi connectivity index (χ0) is 15.5. The summed E-state index contributed by atoms with van der Waals surface area (Å²) in [6.45, 7) is -0.433. The lowest BCUT2D eigenvalue weighted by Gasteiger charge is -2.33. The molecule has 6 nitrogen and oxygen atoms in total. The van der Waals surface area contributed by atoms with E-state index in [4.69, 9.17) is 5.73 Å². The van der Waals surface area contributed by atoms with E-state index in [-0.39, 0.29) is 24.1 Å². The van der Waals surface area contributed by atoms with E-state index in [1.165, 1.54) is 17.3 Å². The van der Waals surface area contributed by atoms with Crippen molar-refractivity contribution in [3.8, 4) is 0 Å². The van der Waals surface area contributed by atoms with Gasteiger partial charge in [0.05, 0.1) is 6.54 Å². The van der Waals surface area contributed by atoms with E-state index in [2.05, 4.69) is 15.3 Å². The Morgan fingerprint density at radius 1 is 1.43 bits per heavy atom. The lowest BCUT2D eigenvalue weighted by atomic mass is 10.1. The van der Waals surface area contributed by atoms with E-state index in [1.54, 1.807) is 0 Å². The Kier molecular flexibility index (Phi) is 4.61. The zero-order valence-corrected chi connectivity index (χ0v) is 11.2. The van der Waals surface area contributed by atoms with Crippen molar-refractivity contribution in [1.82, 2.24) is 20.2 Å². The van der Waals surface area contributed by atoms with Crippen LogP contribution in [0, 0.1) is 0 Å². The number of nitrogens with one attached hydrogen (secondary N) is 1. The summed E-state index contributed by atoms with van der Waals surface area (Å²) >= 11 is 0. The second-order valence-corrected chi connectivity index (χ2v) is 4.95. The minimum atomic E-state index is -4.23. The average molecular weight is 303 g/mol. The van der Waals surface area contributed by atoms with Gasteiger partial charge in [0, 0.05) is 25.0 Å². The topological polar surface area (TPSA) is 84.1 Å². The number of halogens is 3. The van der Waals surface area contributed by atoms with Crippen LogP contribution >= 0.6 is 0 Å². The van der Waals surface area contributed by atoms with Crippen molar-refractivity contribution in [2.24, 2.45) is 0 Å². The largest absolute Gasteiger partial charge is 0.401 e. The van der Waals surface area contributed by atoms with Gasteiger partial charge in [0.2, 0.25) is 0 Å². The predicted octanol–water partition coefficient (Wildman–Crippen LogP) is 0.815. The Balaban J connectivity index is 1.94. The molecule has 1 amide bonds. The Morgan fingerprint density at radius 2 is 2.14 bits per heavy atom. The normalized spacial score (nSPS) is 20.2. The second kappa shape index (κ2) is 6.25. The van der Waals surface area contributed by atoms with Crippen molar-refractivity contribution >= 4 is 11.7 Å². The number of nitrogens with zero attached hydrogens (tertiary/aromatic N) is 3. The van der Waals surface area contributed by atoms with Crippen LogP contribution in [-0.2, 0) is 0 Å². The highest BCUT2D eigenvalue weighted by Crippen LogP contribution is 2.20. The monoisotopic (exact) mass is 303 g/mol. The minimum Gasteiger partial charge on any atom is -0.382 e. The molecule has 9 heteroatoms. The number of hydrogen-bond donors (Lipinski definition) is 2. The fourth-order valence-corrected chi connectivity index (χ4v) is 2.35. The first-order chi connectivity index (χ1) is 9.85. The van der Waals surface area contributed by atoms with Gasteiger partial charge in [-0.25, -0.2) is 9.97 Å².